The molecular formula is C18H18N4O4S. The van der Waals surface area contributed by atoms with E-state index in [9.17, 15) is 23.8 Å². The molecule has 8 nitrogen and oxygen atoms in total. The van der Waals surface area contributed by atoms with Crippen LogP contribution in [0.15, 0.2) is 24.3 Å². The minimum atomic E-state index is -3.03. The summed E-state index contributed by atoms with van der Waals surface area (Å²) in [6.45, 7) is 3.66. The van der Waals surface area contributed by atoms with Gasteiger partial charge in [0.2, 0.25) is 0 Å². The molecule has 1 fully saturated rings. The molecule has 0 spiro atoms. The van der Waals surface area contributed by atoms with E-state index >= 15 is 0 Å². The second-order valence-electron chi connectivity index (χ2n) is 6.56. The highest BCUT2D eigenvalue weighted by atomic mass is 32.2. The summed E-state index contributed by atoms with van der Waals surface area (Å²) < 4.78 is 25.2. The number of hydrogen-bond donors (Lipinski definition) is 0. The minimum absolute atomic E-state index is 0.0429. The van der Waals surface area contributed by atoms with Gasteiger partial charge in [0.25, 0.3) is 5.69 Å². The van der Waals surface area contributed by atoms with Gasteiger partial charge in [0, 0.05) is 23.4 Å². The number of nitro benzene ring substituents is 1. The zero-order valence-electron chi connectivity index (χ0n) is 14.9. The van der Waals surface area contributed by atoms with E-state index in [1.165, 1.54) is 24.3 Å². The van der Waals surface area contributed by atoms with E-state index in [0.29, 0.717) is 23.3 Å². The summed E-state index contributed by atoms with van der Waals surface area (Å²) in [4.78, 5) is 10.3. The van der Waals surface area contributed by atoms with Gasteiger partial charge in [-0.05, 0) is 44.0 Å². The van der Waals surface area contributed by atoms with Gasteiger partial charge in [-0.1, -0.05) is 0 Å². The molecule has 140 valence electrons. The Bertz CT molecular complexity index is 1080. The molecule has 0 unspecified atom stereocenters. The fourth-order valence-electron chi connectivity index (χ4n) is 3.30. The Hall–Kier alpha value is -2.99. The van der Waals surface area contributed by atoms with Crippen LogP contribution in [-0.4, -0.2) is 34.6 Å². The molecule has 0 aliphatic carbocycles. The maximum Gasteiger partial charge on any atom is 0.269 e. The number of nitrogens with zero attached hydrogens (tertiary/aromatic N) is 4. The fourth-order valence-corrected chi connectivity index (χ4v) is 4.99. The maximum absolute atomic E-state index is 11.8. The number of aryl methyl sites for hydroxylation is 1. The topological polar surface area (TPSA) is 119 Å². The quantitative estimate of drug-likeness (QED) is 0.453. The summed E-state index contributed by atoms with van der Waals surface area (Å²) in [5.41, 5.74) is 3.14. The van der Waals surface area contributed by atoms with Crippen molar-refractivity contribution in [3.05, 3.63) is 56.9 Å². The number of allylic oxidation sites excluding steroid dienone is 1. The van der Waals surface area contributed by atoms with Gasteiger partial charge in [-0.3, -0.25) is 14.8 Å². The number of nitro groups is 1. The highest BCUT2D eigenvalue weighted by Crippen LogP contribution is 2.29. The highest BCUT2D eigenvalue weighted by Gasteiger charge is 2.31. The summed E-state index contributed by atoms with van der Waals surface area (Å²) in [6, 6.07) is 7.70. The van der Waals surface area contributed by atoms with Crippen molar-refractivity contribution in [3.63, 3.8) is 0 Å². The van der Waals surface area contributed by atoms with Crippen LogP contribution in [0.5, 0.6) is 0 Å². The number of nitriles is 1. The Morgan fingerprint density at radius 1 is 1.37 bits per heavy atom. The Labute approximate surface area is 156 Å². The average Bonchev–Trinajstić information content (AvgIpc) is 3.12. The molecule has 1 aliphatic rings. The van der Waals surface area contributed by atoms with Gasteiger partial charge in [0.1, 0.15) is 0 Å². The molecule has 9 heteroatoms. The Balaban J connectivity index is 1.98. The monoisotopic (exact) mass is 386 g/mol. The van der Waals surface area contributed by atoms with Gasteiger partial charge in [0.05, 0.1) is 39.8 Å². The van der Waals surface area contributed by atoms with E-state index in [1.807, 2.05) is 13.8 Å². The molecule has 1 aromatic carbocycles. The van der Waals surface area contributed by atoms with Gasteiger partial charge in [-0.15, -0.1) is 0 Å². The third kappa shape index (κ3) is 3.75. The number of benzene rings is 1. The summed E-state index contributed by atoms with van der Waals surface area (Å²) in [5.74, 6) is 0.235. The second kappa shape index (κ2) is 6.96. The van der Waals surface area contributed by atoms with Crippen molar-refractivity contribution in [1.29, 1.82) is 5.26 Å². The normalized spacial score (nSPS) is 19.0. The first-order chi connectivity index (χ1) is 12.7. The lowest BCUT2D eigenvalue weighted by atomic mass is 10.0. The van der Waals surface area contributed by atoms with Crippen LogP contribution < -0.4 is 0 Å². The predicted molar refractivity (Wildman–Crippen MR) is 101 cm³/mol. The number of sulfone groups is 1. The Morgan fingerprint density at radius 3 is 2.56 bits per heavy atom. The van der Waals surface area contributed by atoms with Crippen molar-refractivity contribution < 1.29 is 13.3 Å². The SMILES string of the molecule is Cc1nn([C@@H]2CCS(=O)(=O)C2)c(C)c1/C=C(\C#N)c1ccc([N+](=O)[O-])cc1. The first-order valence-electron chi connectivity index (χ1n) is 8.34. The first-order valence-corrected chi connectivity index (χ1v) is 10.2. The van der Waals surface area contributed by atoms with E-state index < -0.39 is 14.8 Å². The largest absolute Gasteiger partial charge is 0.269 e. The number of non-ortho nitro benzene ring substituents is 1. The van der Waals surface area contributed by atoms with E-state index in [-0.39, 0.29) is 23.2 Å². The second-order valence-corrected chi connectivity index (χ2v) is 8.79. The molecule has 0 saturated carbocycles. The molecule has 27 heavy (non-hydrogen) atoms. The molecule has 0 N–H and O–H groups in total. The lowest BCUT2D eigenvalue weighted by Gasteiger charge is -2.11. The molecular weight excluding hydrogens is 368 g/mol. The van der Waals surface area contributed by atoms with Crippen molar-refractivity contribution in [1.82, 2.24) is 9.78 Å². The smallest absolute Gasteiger partial charge is 0.265 e. The summed E-state index contributed by atoms with van der Waals surface area (Å²) >= 11 is 0. The van der Waals surface area contributed by atoms with Crippen molar-refractivity contribution >= 4 is 27.2 Å². The third-order valence-electron chi connectivity index (χ3n) is 4.73. The molecule has 0 amide bonds. The van der Waals surface area contributed by atoms with Crippen molar-refractivity contribution in [2.75, 3.05) is 11.5 Å². The van der Waals surface area contributed by atoms with Crippen molar-refractivity contribution in [2.45, 2.75) is 26.3 Å². The van der Waals surface area contributed by atoms with Crippen LogP contribution in [0, 0.1) is 35.3 Å². The first kappa shape index (κ1) is 18.8. The Kier molecular flexibility index (Phi) is 4.85. The standard InChI is InChI=1S/C18H18N4O4S/c1-12-18(13(2)21(20-12)17-7-8-27(25,26)11-17)9-15(10-19)14-3-5-16(6-4-14)22(23)24/h3-6,9,17H,7-8,11H2,1-2H3/b15-9+/t17-/m1/s1. The predicted octanol–water partition coefficient (Wildman–Crippen LogP) is 2.83. The third-order valence-corrected chi connectivity index (χ3v) is 6.48. The summed E-state index contributed by atoms with van der Waals surface area (Å²) in [5, 5.41) is 24.8. The molecule has 2 heterocycles. The van der Waals surface area contributed by atoms with Crippen LogP contribution in [0.2, 0.25) is 0 Å². The molecule has 2 aromatic rings. The van der Waals surface area contributed by atoms with Gasteiger partial charge < -0.3 is 0 Å². The average molecular weight is 386 g/mol. The van der Waals surface area contributed by atoms with Gasteiger partial charge in [0.15, 0.2) is 9.84 Å². The number of aromatic nitrogens is 2. The molecule has 1 saturated heterocycles. The zero-order chi connectivity index (χ0) is 19.8. The molecule has 1 aliphatic heterocycles. The molecule has 3 rings (SSSR count). The molecule has 1 atom stereocenters. The fraction of sp³-hybridized carbons (Fsp3) is 0.333. The summed E-state index contributed by atoms with van der Waals surface area (Å²) in [6.07, 6.45) is 2.22. The van der Waals surface area contributed by atoms with E-state index in [0.717, 1.165) is 11.3 Å². The molecule has 0 radical (unpaired) electrons. The highest BCUT2D eigenvalue weighted by molar-refractivity contribution is 7.91. The van der Waals surface area contributed by atoms with Crippen LogP contribution in [0.25, 0.3) is 11.6 Å². The lowest BCUT2D eigenvalue weighted by Crippen LogP contribution is -2.13. The van der Waals surface area contributed by atoms with Crippen LogP contribution in [0.1, 0.15) is 35.0 Å². The number of hydrogen-bond acceptors (Lipinski definition) is 6. The van der Waals surface area contributed by atoms with Gasteiger partial charge >= 0.3 is 0 Å². The van der Waals surface area contributed by atoms with Crippen LogP contribution in [-0.2, 0) is 9.84 Å². The maximum atomic E-state index is 11.8. The Morgan fingerprint density at radius 2 is 2.04 bits per heavy atom. The lowest BCUT2D eigenvalue weighted by molar-refractivity contribution is -0.384. The molecule has 0 bridgehead atoms. The van der Waals surface area contributed by atoms with Crippen molar-refractivity contribution in [2.24, 2.45) is 0 Å². The van der Waals surface area contributed by atoms with E-state index in [2.05, 4.69) is 11.2 Å². The zero-order valence-corrected chi connectivity index (χ0v) is 15.7. The number of rotatable bonds is 4. The van der Waals surface area contributed by atoms with Crippen LogP contribution >= 0.6 is 0 Å². The molecule has 1 aromatic heterocycles. The van der Waals surface area contributed by atoms with Crippen molar-refractivity contribution in [3.8, 4) is 6.07 Å². The van der Waals surface area contributed by atoms with Crippen LogP contribution in [0.4, 0.5) is 5.69 Å². The van der Waals surface area contributed by atoms with Gasteiger partial charge in [-0.25, -0.2) is 8.42 Å². The van der Waals surface area contributed by atoms with Crippen LogP contribution in [0.3, 0.4) is 0 Å². The summed E-state index contributed by atoms with van der Waals surface area (Å²) in [7, 11) is -3.03. The van der Waals surface area contributed by atoms with E-state index in [1.54, 1.807) is 10.8 Å². The van der Waals surface area contributed by atoms with E-state index in [4.69, 9.17) is 0 Å². The van der Waals surface area contributed by atoms with Gasteiger partial charge in [-0.2, -0.15) is 10.4 Å². The minimum Gasteiger partial charge on any atom is -0.265 e.